The molecule has 1 aromatic carbocycles. The summed E-state index contributed by atoms with van der Waals surface area (Å²) in [6.45, 7) is 5.23. The van der Waals surface area contributed by atoms with Gasteiger partial charge in [-0.15, -0.1) is 0 Å². The summed E-state index contributed by atoms with van der Waals surface area (Å²) in [5.41, 5.74) is 0.587. The Bertz CT molecular complexity index is 774. The van der Waals surface area contributed by atoms with Gasteiger partial charge in [0.1, 0.15) is 12.3 Å². The topological polar surface area (TPSA) is 102 Å². The molecule has 0 aliphatic carbocycles. The third-order valence-electron chi connectivity index (χ3n) is 4.23. The summed E-state index contributed by atoms with van der Waals surface area (Å²) in [7, 11) is 0. The minimum atomic E-state index is -0.661. The minimum absolute atomic E-state index is 0.122. The summed E-state index contributed by atoms with van der Waals surface area (Å²) in [5.74, 6) is -1.85. The van der Waals surface area contributed by atoms with E-state index in [4.69, 9.17) is 9.47 Å². The van der Waals surface area contributed by atoms with E-state index in [1.165, 1.54) is 19.1 Å². The zero-order valence-electron chi connectivity index (χ0n) is 16.5. The molecule has 2 rings (SSSR count). The van der Waals surface area contributed by atoms with E-state index in [0.29, 0.717) is 18.0 Å². The molecular formula is C20H26N2O6. The second kappa shape index (κ2) is 9.87. The van der Waals surface area contributed by atoms with Crippen LogP contribution in [0.4, 0.5) is 5.69 Å². The molecule has 0 saturated carbocycles. The molecule has 0 radical (unpaired) electrons. The Morgan fingerprint density at radius 1 is 1.04 bits per heavy atom. The summed E-state index contributed by atoms with van der Waals surface area (Å²) in [6, 6.07) is 2.87. The summed E-state index contributed by atoms with van der Waals surface area (Å²) in [5, 5.41) is 2.63. The molecule has 0 aromatic heterocycles. The fraction of sp³-hybridized carbons (Fsp3) is 0.500. The Morgan fingerprint density at radius 2 is 1.71 bits per heavy atom. The van der Waals surface area contributed by atoms with Crippen molar-refractivity contribution in [3.8, 4) is 5.75 Å². The molecule has 1 aliphatic rings. The van der Waals surface area contributed by atoms with E-state index >= 15 is 0 Å². The van der Waals surface area contributed by atoms with E-state index < -0.39 is 24.3 Å². The summed E-state index contributed by atoms with van der Waals surface area (Å²) in [6.07, 6.45) is 4.05. The van der Waals surface area contributed by atoms with Crippen LogP contribution in [0.5, 0.6) is 5.75 Å². The first-order chi connectivity index (χ1) is 13.4. The van der Waals surface area contributed by atoms with Crippen molar-refractivity contribution in [1.29, 1.82) is 0 Å². The maximum atomic E-state index is 12.6. The van der Waals surface area contributed by atoms with Crippen molar-refractivity contribution in [2.24, 2.45) is 0 Å². The lowest BCUT2D eigenvalue weighted by molar-refractivity contribution is -0.143. The zero-order valence-corrected chi connectivity index (χ0v) is 16.5. The van der Waals surface area contributed by atoms with Gasteiger partial charge in [0.2, 0.25) is 5.91 Å². The van der Waals surface area contributed by atoms with Crippen molar-refractivity contribution in [1.82, 2.24) is 4.90 Å². The fourth-order valence-corrected chi connectivity index (χ4v) is 2.91. The lowest BCUT2D eigenvalue weighted by Gasteiger charge is -2.13. The van der Waals surface area contributed by atoms with Gasteiger partial charge >= 0.3 is 5.97 Å². The van der Waals surface area contributed by atoms with E-state index in [9.17, 15) is 19.2 Å². The van der Waals surface area contributed by atoms with Crippen molar-refractivity contribution in [2.45, 2.75) is 46.5 Å². The lowest BCUT2D eigenvalue weighted by atomic mass is 10.1. The zero-order chi connectivity index (χ0) is 20.7. The van der Waals surface area contributed by atoms with Crippen molar-refractivity contribution in [3.05, 3.63) is 23.3 Å². The molecule has 0 unspecified atom stereocenters. The number of anilines is 1. The molecule has 1 aliphatic heterocycles. The number of hydrogen-bond acceptors (Lipinski definition) is 6. The van der Waals surface area contributed by atoms with Crippen LogP contribution >= 0.6 is 0 Å². The number of ether oxygens (including phenoxy) is 2. The van der Waals surface area contributed by atoms with E-state index in [1.807, 2.05) is 0 Å². The Kier molecular flexibility index (Phi) is 7.54. The van der Waals surface area contributed by atoms with Crippen LogP contribution in [0.1, 0.15) is 67.2 Å². The van der Waals surface area contributed by atoms with Crippen LogP contribution in [0.3, 0.4) is 0 Å². The molecule has 8 heteroatoms. The second-order valence-electron chi connectivity index (χ2n) is 6.49. The Morgan fingerprint density at radius 3 is 2.32 bits per heavy atom. The third-order valence-corrected chi connectivity index (χ3v) is 4.23. The number of benzene rings is 1. The number of rotatable bonds is 10. The van der Waals surface area contributed by atoms with Gasteiger partial charge in [-0.25, -0.2) is 0 Å². The Balaban J connectivity index is 2.24. The molecule has 1 heterocycles. The van der Waals surface area contributed by atoms with E-state index in [1.54, 1.807) is 6.92 Å². The second-order valence-corrected chi connectivity index (χ2v) is 6.49. The molecule has 8 nitrogen and oxygen atoms in total. The third kappa shape index (κ3) is 5.09. The van der Waals surface area contributed by atoms with Crippen LogP contribution in [0.15, 0.2) is 12.1 Å². The Hall–Kier alpha value is -2.90. The number of unbranched alkanes of at least 4 members (excludes halogenated alkanes) is 3. The first kappa shape index (κ1) is 21.4. The van der Waals surface area contributed by atoms with Crippen molar-refractivity contribution >= 4 is 29.4 Å². The maximum absolute atomic E-state index is 12.6. The first-order valence-corrected chi connectivity index (χ1v) is 9.49. The van der Waals surface area contributed by atoms with Crippen molar-refractivity contribution in [3.63, 3.8) is 0 Å². The van der Waals surface area contributed by atoms with Crippen LogP contribution in [0.25, 0.3) is 0 Å². The van der Waals surface area contributed by atoms with Gasteiger partial charge in [-0.1, -0.05) is 26.2 Å². The largest absolute Gasteiger partial charge is 0.491 e. The van der Waals surface area contributed by atoms with E-state index in [0.717, 1.165) is 30.6 Å². The van der Waals surface area contributed by atoms with Gasteiger partial charge < -0.3 is 14.8 Å². The maximum Gasteiger partial charge on any atom is 0.326 e. The standard InChI is InChI=1S/C20H26N2O6/c1-4-6-7-8-9-28-17-11-15-14(10-16(17)21-13(3)23)19(25)22(20(15)26)12-18(24)27-5-2/h10-11H,4-9,12H2,1-3H3,(H,21,23). The molecule has 0 fully saturated rings. The number of carbonyl (C=O) groups excluding carboxylic acids is 4. The van der Waals surface area contributed by atoms with Crippen molar-refractivity contribution < 1.29 is 28.7 Å². The summed E-state index contributed by atoms with van der Waals surface area (Å²) < 4.78 is 10.6. The monoisotopic (exact) mass is 390 g/mol. The highest BCUT2D eigenvalue weighted by atomic mass is 16.5. The number of nitrogens with zero attached hydrogens (tertiary/aromatic N) is 1. The molecule has 28 heavy (non-hydrogen) atoms. The fourth-order valence-electron chi connectivity index (χ4n) is 2.91. The lowest BCUT2D eigenvalue weighted by Crippen LogP contribution is -2.35. The molecule has 0 spiro atoms. The molecule has 0 saturated heterocycles. The highest BCUT2D eigenvalue weighted by Gasteiger charge is 2.38. The van der Waals surface area contributed by atoms with E-state index in [-0.39, 0.29) is 23.6 Å². The number of imide groups is 1. The predicted octanol–water partition coefficient (Wildman–Crippen LogP) is 2.76. The number of carbonyl (C=O) groups is 4. The first-order valence-electron chi connectivity index (χ1n) is 9.49. The van der Waals surface area contributed by atoms with Crippen molar-refractivity contribution in [2.75, 3.05) is 25.1 Å². The number of amides is 3. The smallest absolute Gasteiger partial charge is 0.326 e. The number of fused-ring (bicyclic) bond motifs is 1. The van der Waals surface area contributed by atoms with Gasteiger partial charge in [0.25, 0.3) is 11.8 Å². The van der Waals surface area contributed by atoms with Gasteiger partial charge in [-0.2, -0.15) is 0 Å². The average Bonchev–Trinajstić information content (AvgIpc) is 2.86. The number of hydrogen-bond donors (Lipinski definition) is 1. The molecule has 1 N–H and O–H groups in total. The van der Waals surface area contributed by atoms with Crippen LogP contribution < -0.4 is 10.1 Å². The van der Waals surface area contributed by atoms with Crippen LogP contribution in [0.2, 0.25) is 0 Å². The highest BCUT2D eigenvalue weighted by molar-refractivity contribution is 6.23. The van der Waals surface area contributed by atoms with Crippen LogP contribution in [0, 0.1) is 0 Å². The molecule has 0 atom stereocenters. The number of esters is 1. The van der Waals surface area contributed by atoms with Gasteiger partial charge in [-0.05, 0) is 25.5 Å². The highest BCUT2D eigenvalue weighted by Crippen LogP contribution is 2.34. The molecule has 1 aromatic rings. The number of nitrogens with one attached hydrogen (secondary N) is 1. The molecule has 3 amide bonds. The molecular weight excluding hydrogens is 364 g/mol. The molecule has 0 bridgehead atoms. The molecule has 152 valence electrons. The van der Waals surface area contributed by atoms with Gasteiger partial charge in [0.15, 0.2) is 0 Å². The van der Waals surface area contributed by atoms with E-state index in [2.05, 4.69) is 12.2 Å². The summed E-state index contributed by atoms with van der Waals surface area (Å²) >= 11 is 0. The minimum Gasteiger partial charge on any atom is -0.491 e. The quantitative estimate of drug-likeness (QED) is 0.374. The van der Waals surface area contributed by atoms with Gasteiger partial charge in [0.05, 0.1) is 30.0 Å². The Labute approximate surface area is 164 Å². The van der Waals surface area contributed by atoms with Gasteiger partial charge in [0, 0.05) is 6.92 Å². The van der Waals surface area contributed by atoms with Crippen LogP contribution in [-0.2, 0) is 14.3 Å². The van der Waals surface area contributed by atoms with Crippen LogP contribution in [-0.4, -0.2) is 48.3 Å². The predicted molar refractivity (Wildman–Crippen MR) is 102 cm³/mol. The normalized spacial score (nSPS) is 12.8. The summed E-state index contributed by atoms with van der Waals surface area (Å²) in [4.78, 5) is 49.2. The average molecular weight is 390 g/mol. The van der Waals surface area contributed by atoms with Gasteiger partial charge in [-0.3, -0.25) is 24.1 Å². The SMILES string of the molecule is CCCCCCOc1cc2c(cc1NC(C)=O)C(=O)N(CC(=O)OCC)C2=O.